The number of nitrogens with one attached hydrogen (secondary N) is 1. The predicted octanol–water partition coefficient (Wildman–Crippen LogP) is 2.69. The van der Waals surface area contributed by atoms with E-state index in [1.165, 1.54) is 12.8 Å². The number of aromatic nitrogens is 2. The van der Waals surface area contributed by atoms with Crippen molar-refractivity contribution in [3.05, 3.63) is 42.2 Å². The third kappa shape index (κ3) is 2.54. The van der Waals surface area contributed by atoms with Crippen LogP contribution >= 0.6 is 0 Å². The molecule has 0 unspecified atom stereocenters. The molecule has 0 bridgehead atoms. The van der Waals surface area contributed by atoms with Crippen LogP contribution in [0.4, 0.5) is 17.3 Å². The molecule has 0 radical (unpaired) electrons. The molecule has 3 rings (SSSR count). The number of hydrogen-bond donors (Lipinski definition) is 1. The number of anilines is 3. The molecule has 1 aliphatic rings. The van der Waals surface area contributed by atoms with E-state index >= 15 is 0 Å². The number of nitriles is 1. The highest BCUT2D eigenvalue weighted by molar-refractivity contribution is 5.65. The molecule has 1 N–H and O–H groups in total. The summed E-state index contributed by atoms with van der Waals surface area (Å²) in [5.41, 5.74) is 1.37. The van der Waals surface area contributed by atoms with Gasteiger partial charge in [0, 0.05) is 19.2 Å². The van der Waals surface area contributed by atoms with Gasteiger partial charge in [0.2, 0.25) is 0 Å². The third-order valence-corrected chi connectivity index (χ3v) is 3.39. The van der Waals surface area contributed by atoms with Crippen LogP contribution in [0.2, 0.25) is 0 Å². The van der Waals surface area contributed by atoms with Gasteiger partial charge in [0.15, 0.2) is 0 Å². The molecule has 1 aliphatic heterocycles. The summed E-state index contributed by atoms with van der Waals surface area (Å²) in [5, 5.41) is 12.3. The van der Waals surface area contributed by atoms with Crippen LogP contribution in [0.1, 0.15) is 18.4 Å². The molecule has 1 fully saturated rings. The molecular weight excluding hydrogens is 250 g/mol. The fourth-order valence-electron chi connectivity index (χ4n) is 2.36. The standard InChI is InChI=1S/C15H15N5/c16-10-12-5-1-2-6-13(12)19-14-9-15(18-11-17-14)20-7-3-4-8-20/h1-2,5-6,9,11H,3-4,7-8H2,(H,17,18,19). The van der Waals surface area contributed by atoms with Crippen molar-refractivity contribution >= 4 is 17.3 Å². The molecular formula is C15H15N5. The average Bonchev–Trinajstić information content (AvgIpc) is 3.02. The number of benzene rings is 1. The Labute approximate surface area is 117 Å². The summed E-state index contributed by atoms with van der Waals surface area (Å²) in [4.78, 5) is 10.8. The maximum absolute atomic E-state index is 9.09. The molecule has 1 aromatic carbocycles. The van der Waals surface area contributed by atoms with Gasteiger partial charge in [-0.1, -0.05) is 12.1 Å². The molecule has 5 heteroatoms. The molecule has 5 nitrogen and oxygen atoms in total. The van der Waals surface area contributed by atoms with Crippen molar-refractivity contribution in [1.82, 2.24) is 9.97 Å². The summed E-state index contributed by atoms with van der Waals surface area (Å²) in [7, 11) is 0. The van der Waals surface area contributed by atoms with Crippen LogP contribution in [0.3, 0.4) is 0 Å². The summed E-state index contributed by atoms with van der Waals surface area (Å²) in [6.45, 7) is 2.09. The minimum absolute atomic E-state index is 0.605. The molecule has 0 atom stereocenters. The van der Waals surface area contributed by atoms with E-state index in [2.05, 4.69) is 26.3 Å². The first-order valence-corrected chi connectivity index (χ1v) is 6.70. The minimum atomic E-state index is 0.605. The van der Waals surface area contributed by atoms with Crippen molar-refractivity contribution < 1.29 is 0 Å². The molecule has 0 aliphatic carbocycles. The fourth-order valence-corrected chi connectivity index (χ4v) is 2.36. The molecule has 0 amide bonds. The number of rotatable bonds is 3. The Bertz CT molecular complexity index is 641. The second-order valence-electron chi connectivity index (χ2n) is 4.74. The molecule has 2 heterocycles. The Morgan fingerprint density at radius 3 is 2.75 bits per heavy atom. The van der Waals surface area contributed by atoms with Gasteiger partial charge < -0.3 is 10.2 Å². The van der Waals surface area contributed by atoms with Crippen LogP contribution in [0.25, 0.3) is 0 Å². The van der Waals surface area contributed by atoms with Crippen LogP contribution < -0.4 is 10.2 Å². The average molecular weight is 265 g/mol. The van der Waals surface area contributed by atoms with Crippen molar-refractivity contribution in [2.75, 3.05) is 23.3 Å². The highest BCUT2D eigenvalue weighted by atomic mass is 15.2. The Hall–Kier alpha value is -2.61. The molecule has 1 saturated heterocycles. The molecule has 1 aromatic heterocycles. The first kappa shape index (κ1) is 12.4. The molecule has 0 saturated carbocycles. The van der Waals surface area contributed by atoms with Gasteiger partial charge in [0.1, 0.15) is 24.0 Å². The minimum Gasteiger partial charge on any atom is -0.356 e. The predicted molar refractivity (Wildman–Crippen MR) is 77.9 cm³/mol. The van der Waals surface area contributed by atoms with Crippen molar-refractivity contribution in [1.29, 1.82) is 5.26 Å². The van der Waals surface area contributed by atoms with E-state index in [-0.39, 0.29) is 0 Å². The lowest BCUT2D eigenvalue weighted by atomic mass is 10.2. The monoisotopic (exact) mass is 265 g/mol. The van der Waals surface area contributed by atoms with Gasteiger partial charge in [-0.05, 0) is 25.0 Å². The zero-order chi connectivity index (χ0) is 13.8. The number of nitrogens with zero attached hydrogens (tertiary/aromatic N) is 4. The number of para-hydroxylation sites is 1. The lowest BCUT2D eigenvalue weighted by molar-refractivity contribution is 0.928. The van der Waals surface area contributed by atoms with Gasteiger partial charge in [-0.2, -0.15) is 5.26 Å². The van der Waals surface area contributed by atoms with E-state index in [1.807, 2.05) is 24.3 Å². The van der Waals surface area contributed by atoms with Crippen LogP contribution in [-0.2, 0) is 0 Å². The van der Waals surface area contributed by atoms with E-state index < -0.39 is 0 Å². The Balaban J connectivity index is 1.84. The quantitative estimate of drug-likeness (QED) is 0.924. The molecule has 2 aromatic rings. The van der Waals surface area contributed by atoms with Crippen molar-refractivity contribution in [3.63, 3.8) is 0 Å². The van der Waals surface area contributed by atoms with Crippen LogP contribution in [-0.4, -0.2) is 23.1 Å². The Morgan fingerprint density at radius 2 is 1.95 bits per heavy atom. The normalized spacial score (nSPS) is 14.1. The zero-order valence-corrected chi connectivity index (χ0v) is 11.1. The third-order valence-electron chi connectivity index (χ3n) is 3.39. The topological polar surface area (TPSA) is 64.8 Å². The lowest BCUT2D eigenvalue weighted by Crippen LogP contribution is -2.19. The number of hydrogen-bond acceptors (Lipinski definition) is 5. The molecule has 100 valence electrons. The van der Waals surface area contributed by atoms with Gasteiger partial charge in [-0.15, -0.1) is 0 Å². The second-order valence-corrected chi connectivity index (χ2v) is 4.74. The summed E-state index contributed by atoms with van der Waals surface area (Å²) >= 11 is 0. The van der Waals surface area contributed by atoms with Gasteiger partial charge in [-0.25, -0.2) is 9.97 Å². The largest absolute Gasteiger partial charge is 0.356 e. The Morgan fingerprint density at radius 1 is 1.15 bits per heavy atom. The summed E-state index contributed by atoms with van der Waals surface area (Å²) in [6.07, 6.45) is 3.99. The highest BCUT2D eigenvalue weighted by Gasteiger charge is 2.14. The first-order chi connectivity index (χ1) is 9.86. The maximum atomic E-state index is 9.09. The molecule has 20 heavy (non-hydrogen) atoms. The van der Waals surface area contributed by atoms with Crippen molar-refractivity contribution in [2.24, 2.45) is 0 Å². The highest BCUT2D eigenvalue weighted by Crippen LogP contribution is 2.23. The van der Waals surface area contributed by atoms with Crippen LogP contribution in [0, 0.1) is 11.3 Å². The summed E-state index contributed by atoms with van der Waals surface area (Å²) < 4.78 is 0. The van der Waals surface area contributed by atoms with E-state index in [1.54, 1.807) is 12.4 Å². The molecule has 0 spiro atoms. The van der Waals surface area contributed by atoms with Gasteiger partial charge in [0.25, 0.3) is 0 Å². The lowest BCUT2D eigenvalue weighted by Gasteiger charge is -2.16. The van der Waals surface area contributed by atoms with Gasteiger partial charge in [-0.3, -0.25) is 0 Å². The van der Waals surface area contributed by atoms with E-state index in [0.717, 1.165) is 24.6 Å². The first-order valence-electron chi connectivity index (χ1n) is 6.70. The van der Waals surface area contributed by atoms with E-state index in [4.69, 9.17) is 5.26 Å². The van der Waals surface area contributed by atoms with Gasteiger partial charge in [0.05, 0.1) is 11.3 Å². The zero-order valence-electron chi connectivity index (χ0n) is 11.1. The van der Waals surface area contributed by atoms with Crippen molar-refractivity contribution in [3.8, 4) is 6.07 Å². The maximum Gasteiger partial charge on any atom is 0.135 e. The van der Waals surface area contributed by atoms with E-state index in [9.17, 15) is 0 Å². The summed E-state index contributed by atoms with van der Waals surface area (Å²) in [6, 6.07) is 11.5. The van der Waals surface area contributed by atoms with Gasteiger partial charge >= 0.3 is 0 Å². The smallest absolute Gasteiger partial charge is 0.135 e. The van der Waals surface area contributed by atoms with E-state index in [0.29, 0.717) is 11.4 Å². The van der Waals surface area contributed by atoms with Crippen LogP contribution in [0.5, 0.6) is 0 Å². The van der Waals surface area contributed by atoms with Crippen molar-refractivity contribution in [2.45, 2.75) is 12.8 Å². The second kappa shape index (κ2) is 5.57. The SMILES string of the molecule is N#Cc1ccccc1Nc1cc(N2CCCC2)ncn1. The van der Waals surface area contributed by atoms with Crippen LogP contribution in [0.15, 0.2) is 36.7 Å². The fraction of sp³-hybridized carbons (Fsp3) is 0.267. The summed E-state index contributed by atoms with van der Waals surface area (Å²) in [5.74, 6) is 1.65. The Kier molecular flexibility index (Phi) is 3.46.